The number of phenols is 2. The SMILES string of the molecule is COC(=O)[C@@H]1CSCc2c(O)cc(O)c(C)c2C(=O)OC[C@@H](NC(=O)[C@@H](CO)NC(=O)OC(C)(C)C)C(=O)N1. The summed E-state index contributed by atoms with van der Waals surface area (Å²) in [5.41, 5.74) is -0.777. The van der Waals surface area contributed by atoms with Crippen LogP contribution < -0.4 is 16.0 Å². The molecule has 0 saturated carbocycles. The fourth-order valence-electron chi connectivity index (χ4n) is 3.42. The number of carbonyl (C=O) groups excluding carboxylic acids is 5. The number of carbonyl (C=O) groups is 5. The number of phenolic OH excluding ortho intramolecular Hbond substituents is 2. The monoisotopic (exact) mass is 571 g/mol. The summed E-state index contributed by atoms with van der Waals surface area (Å²) < 4.78 is 15.1. The highest BCUT2D eigenvalue weighted by Gasteiger charge is 2.33. The van der Waals surface area contributed by atoms with E-state index in [-0.39, 0.29) is 39.7 Å². The number of rotatable bonds is 5. The second-order valence-corrected chi connectivity index (χ2v) is 10.6. The molecular formula is C24H33N3O11S. The Balaban J connectivity index is 2.37. The van der Waals surface area contributed by atoms with Gasteiger partial charge in [-0.1, -0.05) is 0 Å². The molecule has 0 unspecified atom stereocenters. The standard InChI is InChI=1S/C24H33N3O11S/c1-11-16(29)6-17(30)12-9-39-10-15(21(33)36-5)26-20(32)14(8-37-22(34)18(11)12)25-19(31)13(7-28)27-23(35)38-24(2,3)4/h6,13-15,28-30H,7-10H2,1-5H3,(H,25,31)(H,26,32)(H,27,35)/t13-,14-,15+/m1/s1. The van der Waals surface area contributed by atoms with Crippen molar-refractivity contribution in [3.05, 3.63) is 22.8 Å². The number of fused-ring (bicyclic) bond motifs is 1. The van der Waals surface area contributed by atoms with Crippen molar-refractivity contribution < 1.29 is 53.5 Å². The Labute approximate surface area is 228 Å². The molecule has 1 aliphatic heterocycles. The number of aliphatic hydroxyl groups is 1. The summed E-state index contributed by atoms with van der Waals surface area (Å²) in [6, 6.07) is -3.22. The van der Waals surface area contributed by atoms with E-state index in [0.717, 1.165) is 24.9 Å². The highest BCUT2D eigenvalue weighted by Crippen LogP contribution is 2.35. The first kappa shape index (κ1) is 31.5. The van der Waals surface area contributed by atoms with E-state index in [2.05, 4.69) is 16.0 Å². The van der Waals surface area contributed by atoms with E-state index < -0.39 is 66.8 Å². The maximum absolute atomic E-state index is 13.1. The number of hydrogen-bond donors (Lipinski definition) is 6. The van der Waals surface area contributed by atoms with Crippen molar-refractivity contribution in [1.82, 2.24) is 16.0 Å². The molecule has 0 saturated heterocycles. The first-order chi connectivity index (χ1) is 18.2. The van der Waals surface area contributed by atoms with E-state index in [1.807, 2.05) is 0 Å². The molecule has 2 rings (SSSR count). The second-order valence-electron chi connectivity index (χ2n) is 9.53. The van der Waals surface area contributed by atoms with Crippen molar-refractivity contribution in [2.75, 3.05) is 26.1 Å². The van der Waals surface area contributed by atoms with Gasteiger partial charge in [0.2, 0.25) is 11.8 Å². The highest BCUT2D eigenvalue weighted by molar-refractivity contribution is 7.98. The van der Waals surface area contributed by atoms with Gasteiger partial charge in [0.05, 0.1) is 19.3 Å². The summed E-state index contributed by atoms with van der Waals surface area (Å²) in [5.74, 6) is -4.47. The average Bonchev–Trinajstić information content (AvgIpc) is 2.84. The topological polar surface area (TPSA) is 210 Å². The fourth-order valence-corrected chi connectivity index (χ4v) is 4.49. The largest absolute Gasteiger partial charge is 0.508 e. The van der Waals surface area contributed by atoms with Crippen LogP contribution in [-0.4, -0.2) is 95.0 Å². The lowest BCUT2D eigenvalue weighted by atomic mass is 10.0. The molecule has 6 N–H and O–H groups in total. The third-order valence-electron chi connectivity index (χ3n) is 5.38. The number of thioether (sulfide) groups is 1. The third-order valence-corrected chi connectivity index (χ3v) is 6.45. The van der Waals surface area contributed by atoms with Gasteiger partial charge in [-0.15, -0.1) is 0 Å². The number of aromatic hydroxyl groups is 2. The van der Waals surface area contributed by atoms with Crippen molar-refractivity contribution in [3.63, 3.8) is 0 Å². The predicted octanol–water partition coefficient (Wildman–Crippen LogP) is -0.162. The summed E-state index contributed by atoms with van der Waals surface area (Å²) in [7, 11) is 1.12. The number of methoxy groups -OCH3 is 1. The Morgan fingerprint density at radius 1 is 1.23 bits per heavy atom. The van der Waals surface area contributed by atoms with E-state index >= 15 is 0 Å². The maximum Gasteiger partial charge on any atom is 0.408 e. The molecular weight excluding hydrogens is 538 g/mol. The van der Waals surface area contributed by atoms with Gasteiger partial charge >= 0.3 is 18.0 Å². The lowest BCUT2D eigenvalue weighted by Gasteiger charge is -2.26. The molecule has 1 aromatic rings. The van der Waals surface area contributed by atoms with E-state index in [4.69, 9.17) is 14.2 Å². The van der Waals surface area contributed by atoms with Crippen LogP contribution in [0.15, 0.2) is 6.07 Å². The average molecular weight is 572 g/mol. The van der Waals surface area contributed by atoms with Gasteiger partial charge in [-0.05, 0) is 27.7 Å². The minimum Gasteiger partial charge on any atom is -0.508 e. The summed E-state index contributed by atoms with van der Waals surface area (Å²) in [5, 5.41) is 37.0. The van der Waals surface area contributed by atoms with Gasteiger partial charge in [0.15, 0.2) is 0 Å². The summed E-state index contributed by atoms with van der Waals surface area (Å²) in [6.45, 7) is 4.63. The lowest BCUT2D eigenvalue weighted by Crippen LogP contribution is -2.58. The van der Waals surface area contributed by atoms with Crippen LogP contribution in [0.3, 0.4) is 0 Å². The van der Waals surface area contributed by atoms with Crippen molar-refractivity contribution in [2.45, 2.75) is 57.2 Å². The fraction of sp³-hybridized carbons (Fsp3) is 0.542. The number of benzene rings is 1. The van der Waals surface area contributed by atoms with Crippen molar-refractivity contribution in [3.8, 4) is 11.5 Å². The number of cyclic esters (lactones) is 1. The summed E-state index contributed by atoms with van der Waals surface area (Å²) in [4.78, 5) is 63.3. The van der Waals surface area contributed by atoms with Crippen LogP contribution in [0.1, 0.15) is 42.3 Å². The zero-order valence-electron chi connectivity index (χ0n) is 22.2. The van der Waals surface area contributed by atoms with Gasteiger partial charge in [-0.25, -0.2) is 14.4 Å². The number of amides is 3. The van der Waals surface area contributed by atoms with E-state index in [9.17, 15) is 39.3 Å². The van der Waals surface area contributed by atoms with Gasteiger partial charge < -0.3 is 45.5 Å². The molecule has 0 aliphatic carbocycles. The van der Waals surface area contributed by atoms with Crippen molar-refractivity contribution in [1.29, 1.82) is 0 Å². The molecule has 216 valence electrons. The van der Waals surface area contributed by atoms with Gasteiger partial charge in [-0.3, -0.25) is 9.59 Å². The Bertz CT molecular complexity index is 1120. The normalized spacial score (nSPS) is 19.1. The minimum absolute atomic E-state index is 0.0232. The number of ether oxygens (including phenoxy) is 3. The molecule has 1 heterocycles. The van der Waals surface area contributed by atoms with Crippen LogP contribution in [-0.2, 0) is 34.3 Å². The molecule has 0 fully saturated rings. The van der Waals surface area contributed by atoms with Gasteiger partial charge in [0, 0.05) is 28.7 Å². The third kappa shape index (κ3) is 8.64. The molecule has 0 aromatic heterocycles. The zero-order chi connectivity index (χ0) is 29.5. The lowest BCUT2D eigenvalue weighted by molar-refractivity contribution is -0.144. The van der Waals surface area contributed by atoms with Crippen molar-refractivity contribution in [2.24, 2.45) is 0 Å². The van der Waals surface area contributed by atoms with E-state index in [0.29, 0.717) is 0 Å². The molecule has 3 atom stereocenters. The Morgan fingerprint density at radius 2 is 1.90 bits per heavy atom. The van der Waals surface area contributed by atoms with Crippen LogP contribution >= 0.6 is 11.8 Å². The van der Waals surface area contributed by atoms with Crippen LogP contribution in [0.5, 0.6) is 11.5 Å². The first-order valence-corrected chi connectivity index (χ1v) is 12.9. The Kier molecular flexibility index (Phi) is 10.8. The Morgan fingerprint density at radius 3 is 2.49 bits per heavy atom. The maximum atomic E-state index is 13.1. The molecule has 15 heteroatoms. The molecule has 0 radical (unpaired) electrons. The summed E-state index contributed by atoms with van der Waals surface area (Å²) >= 11 is 1.08. The summed E-state index contributed by atoms with van der Waals surface area (Å²) in [6.07, 6.45) is -0.999. The molecule has 1 aromatic carbocycles. The number of esters is 2. The van der Waals surface area contributed by atoms with Gasteiger partial charge in [-0.2, -0.15) is 11.8 Å². The minimum atomic E-state index is -1.58. The number of alkyl carbamates (subject to hydrolysis) is 1. The van der Waals surface area contributed by atoms with Crippen LogP contribution in [0.4, 0.5) is 4.79 Å². The van der Waals surface area contributed by atoms with Gasteiger partial charge in [0.25, 0.3) is 0 Å². The number of nitrogens with one attached hydrogen (secondary N) is 3. The molecule has 0 spiro atoms. The smallest absolute Gasteiger partial charge is 0.408 e. The number of hydrogen-bond acceptors (Lipinski definition) is 12. The Hall–Kier alpha value is -3.72. The highest BCUT2D eigenvalue weighted by atomic mass is 32.2. The van der Waals surface area contributed by atoms with Gasteiger partial charge in [0.1, 0.15) is 41.8 Å². The molecule has 39 heavy (non-hydrogen) atoms. The molecule has 1 aliphatic rings. The molecule has 3 amide bonds. The second kappa shape index (κ2) is 13.4. The van der Waals surface area contributed by atoms with E-state index in [1.54, 1.807) is 20.8 Å². The molecule has 0 bridgehead atoms. The zero-order valence-corrected chi connectivity index (χ0v) is 23.0. The molecule has 14 nitrogen and oxygen atoms in total. The predicted molar refractivity (Wildman–Crippen MR) is 137 cm³/mol. The number of aliphatic hydroxyl groups excluding tert-OH is 1. The van der Waals surface area contributed by atoms with Crippen LogP contribution in [0.25, 0.3) is 0 Å². The van der Waals surface area contributed by atoms with Crippen molar-refractivity contribution >= 4 is 41.6 Å². The quantitative estimate of drug-likeness (QED) is 0.201. The van der Waals surface area contributed by atoms with Crippen LogP contribution in [0.2, 0.25) is 0 Å². The van der Waals surface area contributed by atoms with E-state index in [1.165, 1.54) is 6.92 Å². The van der Waals surface area contributed by atoms with Crippen LogP contribution in [0, 0.1) is 6.92 Å². The first-order valence-electron chi connectivity index (χ1n) is 11.8.